The Bertz CT molecular complexity index is 1210. The Balaban J connectivity index is 1.25. The van der Waals surface area contributed by atoms with E-state index >= 15 is 4.39 Å². The minimum atomic E-state index is -4.88. The Morgan fingerprint density at radius 1 is 1.32 bits per heavy atom. The fourth-order valence-corrected chi connectivity index (χ4v) is 3.96. The molecule has 2 aliphatic rings. The van der Waals surface area contributed by atoms with Crippen LogP contribution in [0.5, 0.6) is 5.88 Å². The molecule has 0 aliphatic heterocycles. The monoisotopic (exact) mass is 483 g/mol. The van der Waals surface area contributed by atoms with Crippen molar-refractivity contribution in [2.75, 3.05) is 5.32 Å². The highest BCUT2D eigenvalue weighted by atomic mass is 19.4. The number of ether oxygens (including phenoxy) is 2. The lowest BCUT2D eigenvalue weighted by molar-refractivity contribution is -0.276. The number of nitrogens with one attached hydrogen (secondary N) is 3. The average Bonchev–Trinajstić information content (AvgIpc) is 3.10. The second-order valence-corrected chi connectivity index (χ2v) is 8.71. The number of alkyl carbamates (subject to hydrolysis) is 1. The fraction of sp³-hybridized carbons (Fsp3) is 0.500. The smallest absolute Gasteiger partial charge is 0.443 e. The fourth-order valence-electron chi connectivity index (χ4n) is 3.96. The number of aromatic amines is 1. The molecule has 0 spiro atoms. The molecule has 0 saturated heterocycles. The quantitative estimate of drug-likeness (QED) is 0.454. The van der Waals surface area contributed by atoms with E-state index in [4.69, 9.17) is 4.74 Å². The maximum atomic E-state index is 15.0. The second-order valence-electron chi connectivity index (χ2n) is 8.71. The molecule has 182 valence electrons. The number of carbonyl (C=O) groups excluding carboxylic acids is 1. The molecule has 2 saturated carbocycles. The molecule has 2 fully saturated rings. The standard InChI is InChI=1S/C20H21F4N7O3/c1-19(5-6-19)28-18(32)33-12-3-2-10(16(12)21)11-8-13(30-29-11)26-17-25-7-4-14-27-15(9-31(14)17)34-20(22,23)24/h4,7-10,12,16H,2-3,5-6H2,1H3,(H,28,32)(H2,25,26,29,30)/t10-,12-,16+/m1/s1. The van der Waals surface area contributed by atoms with E-state index in [2.05, 4.69) is 35.5 Å². The van der Waals surface area contributed by atoms with Crippen LogP contribution in [0, 0.1) is 0 Å². The van der Waals surface area contributed by atoms with Gasteiger partial charge in [0.1, 0.15) is 17.9 Å². The SMILES string of the molecule is CC1(NC(=O)O[C@@H]2CC[C@H](c3cc(Nc4nccc5nc(OC(F)(F)F)cn45)n[nH]3)[C@@H]2F)CC1. The first kappa shape index (κ1) is 22.2. The molecule has 0 unspecified atom stereocenters. The molecule has 3 aromatic heterocycles. The highest BCUT2D eigenvalue weighted by Crippen LogP contribution is 2.39. The first-order valence-electron chi connectivity index (χ1n) is 10.6. The van der Waals surface area contributed by atoms with Crippen LogP contribution in [0.3, 0.4) is 0 Å². The van der Waals surface area contributed by atoms with E-state index in [0.29, 0.717) is 18.5 Å². The molecule has 0 bridgehead atoms. The van der Waals surface area contributed by atoms with Crippen molar-refractivity contribution in [1.82, 2.24) is 29.9 Å². The average molecular weight is 483 g/mol. The van der Waals surface area contributed by atoms with E-state index in [1.165, 1.54) is 16.7 Å². The molecule has 0 aromatic carbocycles. The topological polar surface area (TPSA) is 118 Å². The highest BCUT2D eigenvalue weighted by Gasteiger charge is 2.43. The summed E-state index contributed by atoms with van der Waals surface area (Å²) in [5.74, 6) is -0.780. The van der Waals surface area contributed by atoms with Crippen molar-refractivity contribution in [3.05, 3.63) is 30.2 Å². The van der Waals surface area contributed by atoms with Crippen molar-refractivity contribution in [3.8, 4) is 5.88 Å². The Morgan fingerprint density at radius 2 is 2.12 bits per heavy atom. The minimum absolute atomic E-state index is 0.134. The van der Waals surface area contributed by atoms with Gasteiger partial charge >= 0.3 is 12.5 Å². The molecule has 5 rings (SSSR count). The van der Waals surface area contributed by atoms with Crippen molar-refractivity contribution in [3.63, 3.8) is 0 Å². The molecule has 1 amide bonds. The van der Waals surface area contributed by atoms with Gasteiger partial charge < -0.3 is 20.1 Å². The van der Waals surface area contributed by atoms with Crippen LogP contribution in [-0.4, -0.2) is 54.8 Å². The molecule has 0 radical (unpaired) electrons. The second kappa shape index (κ2) is 8.02. The molecular weight excluding hydrogens is 462 g/mol. The molecule has 3 atom stereocenters. The molecule has 2 aliphatic carbocycles. The van der Waals surface area contributed by atoms with Gasteiger partial charge in [-0.25, -0.2) is 14.2 Å². The molecule has 10 nitrogen and oxygen atoms in total. The van der Waals surface area contributed by atoms with E-state index < -0.39 is 36.5 Å². The summed E-state index contributed by atoms with van der Waals surface area (Å²) >= 11 is 0. The summed E-state index contributed by atoms with van der Waals surface area (Å²) < 4.78 is 62.9. The molecule has 3 aromatic rings. The number of aromatic nitrogens is 5. The Labute approximate surface area is 190 Å². The lowest BCUT2D eigenvalue weighted by atomic mass is 10.0. The number of hydrogen-bond acceptors (Lipinski definition) is 7. The number of rotatable bonds is 6. The zero-order valence-corrected chi connectivity index (χ0v) is 17.9. The van der Waals surface area contributed by atoms with Crippen LogP contribution in [0.15, 0.2) is 24.5 Å². The lowest BCUT2D eigenvalue weighted by Gasteiger charge is -2.19. The van der Waals surface area contributed by atoms with Crippen LogP contribution in [0.4, 0.5) is 34.1 Å². The van der Waals surface area contributed by atoms with Crippen LogP contribution in [-0.2, 0) is 4.74 Å². The highest BCUT2D eigenvalue weighted by molar-refractivity contribution is 5.69. The van der Waals surface area contributed by atoms with Crippen molar-refractivity contribution in [2.24, 2.45) is 0 Å². The predicted molar refractivity (Wildman–Crippen MR) is 109 cm³/mol. The first-order chi connectivity index (χ1) is 16.1. The summed E-state index contributed by atoms with van der Waals surface area (Å²) in [5, 5.41) is 12.5. The number of hydrogen-bond donors (Lipinski definition) is 3. The van der Waals surface area contributed by atoms with Gasteiger partial charge in [0, 0.05) is 29.4 Å². The number of halogens is 4. The summed E-state index contributed by atoms with van der Waals surface area (Å²) in [6, 6.07) is 2.99. The first-order valence-corrected chi connectivity index (χ1v) is 10.6. The lowest BCUT2D eigenvalue weighted by Crippen LogP contribution is -2.38. The molecule has 14 heteroatoms. The van der Waals surface area contributed by atoms with Crippen molar-refractivity contribution >= 4 is 23.5 Å². The number of H-pyrrole nitrogens is 1. The van der Waals surface area contributed by atoms with E-state index in [1.54, 1.807) is 6.07 Å². The van der Waals surface area contributed by atoms with Gasteiger partial charge in [0.2, 0.25) is 11.8 Å². The van der Waals surface area contributed by atoms with Gasteiger partial charge in [-0.05, 0) is 38.7 Å². The van der Waals surface area contributed by atoms with Crippen LogP contribution in [0.25, 0.3) is 5.65 Å². The summed E-state index contributed by atoms with van der Waals surface area (Å²) in [5.41, 5.74) is 0.413. The minimum Gasteiger partial charge on any atom is -0.443 e. The number of amides is 1. The Hall–Kier alpha value is -3.58. The van der Waals surface area contributed by atoms with Crippen molar-refractivity contribution in [2.45, 2.75) is 62.7 Å². The van der Waals surface area contributed by atoms with E-state index in [1.807, 2.05) is 6.92 Å². The number of fused-ring (bicyclic) bond motifs is 1. The van der Waals surface area contributed by atoms with Crippen LogP contribution in [0.2, 0.25) is 0 Å². The molecule has 3 N–H and O–H groups in total. The van der Waals surface area contributed by atoms with Gasteiger partial charge in [-0.15, -0.1) is 13.2 Å². The third-order valence-corrected chi connectivity index (χ3v) is 5.98. The van der Waals surface area contributed by atoms with Gasteiger partial charge in [0.25, 0.3) is 0 Å². The van der Waals surface area contributed by atoms with Gasteiger partial charge in [-0.1, -0.05) is 0 Å². The van der Waals surface area contributed by atoms with Gasteiger partial charge in [-0.3, -0.25) is 9.50 Å². The normalized spacial score (nSPS) is 23.6. The Kier molecular flexibility index (Phi) is 5.24. The van der Waals surface area contributed by atoms with Crippen LogP contribution >= 0.6 is 0 Å². The molecule has 34 heavy (non-hydrogen) atoms. The predicted octanol–water partition coefficient (Wildman–Crippen LogP) is 3.96. The van der Waals surface area contributed by atoms with E-state index in [0.717, 1.165) is 19.0 Å². The van der Waals surface area contributed by atoms with Crippen molar-refractivity contribution in [1.29, 1.82) is 0 Å². The summed E-state index contributed by atoms with van der Waals surface area (Å²) in [6.45, 7) is 1.90. The number of imidazole rings is 1. The Morgan fingerprint density at radius 3 is 2.85 bits per heavy atom. The van der Waals surface area contributed by atoms with E-state index in [9.17, 15) is 18.0 Å². The number of carbonyl (C=O) groups is 1. The zero-order valence-electron chi connectivity index (χ0n) is 17.9. The number of nitrogens with zero attached hydrogens (tertiary/aromatic N) is 4. The summed E-state index contributed by atoms with van der Waals surface area (Å²) in [4.78, 5) is 19.9. The molecular formula is C20H21F4N7O3. The van der Waals surface area contributed by atoms with Crippen molar-refractivity contribution < 1.29 is 31.8 Å². The molecule has 3 heterocycles. The zero-order chi connectivity index (χ0) is 24.1. The van der Waals surface area contributed by atoms with Crippen LogP contribution in [0.1, 0.15) is 44.2 Å². The van der Waals surface area contributed by atoms with Gasteiger partial charge in [-0.2, -0.15) is 10.1 Å². The van der Waals surface area contributed by atoms with Gasteiger partial charge in [0.15, 0.2) is 5.82 Å². The summed E-state index contributed by atoms with van der Waals surface area (Å²) in [6.07, 6.45) is -2.81. The maximum Gasteiger partial charge on any atom is 0.574 e. The largest absolute Gasteiger partial charge is 0.574 e. The van der Waals surface area contributed by atoms with E-state index in [-0.39, 0.29) is 23.0 Å². The maximum absolute atomic E-state index is 15.0. The summed E-state index contributed by atoms with van der Waals surface area (Å²) in [7, 11) is 0. The van der Waals surface area contributed by atoms with Crippen LogP contribution < -0.4 is 15.4 Å². The number of alkyl halides is 4. The third kappa shape index (κ3) is 4.70. The number of anilines is 2. The van der Waals surface area contributed by atoms with Gasteiger partial charge in [0.05, 0.1) is 6.20 Å². The third-order valence-electron chi connectivity index (χ3n) is 5.98.